The van der Waals surface area contributed by atoms with E-state index in [2.05, 4.69) is 20.4 Å². The Bertz CT molecular complexity index is 1030. The van der Waals surface area contributed by atoms with Crippen molar-refractivity contribution in [1.82, 2.24) is 19.7 Å². The second-order valence-corrected chi connectivity index (χ2v) is 5.65. The van der Waals surface area contributed by atoms with Crippen molar-refractivity contribution in [3.05, 3.63) is 70.2 Å². The van der Waals surface area contributed by atoms with Gasteiger partial charge in [0.15, 0.2) is 11.6 Å². The SMILES string of the molecule is Cc1nc(Oc2ccccc2F)nc(C)c1NC(=O)Cn1ncccc1=O. The molecule has 27 heavy (non-hydrogen) atoms. The lowest BCUT2D eigenvalue weighted by molar-refractivity contribution is -0.117. The first-order valence-electron chi connectivity index (χ1n) is 8.03. The van der Waals surface area contributed by atoms with E-state index in [9.17, 15) is 14.0 Å². The molecular formula is C18H16FN5O3. The Kier molecular flexibility index (Phi) is 5.20. The zero-order chi connectivity index (χ0) is 19.4. The maximum Gasteiger partial charge on any atom is 0.322 e. The molecule has 0 fully saturated rings. The third-order valence-corrected chi connectivity index (χ3v) is 3.63. The third kappa shape index (κ3) is 4.32. The molecule has 0 radical (unpaired) electrons. The minimum Gasteiger partial charge on any atom is -0.421 e. The van der Waals surface area contributed by atoms with Crippen LogP contribution in [-0.2, 0) is 11.3 Å². The maximum absolute atomic E-state index is 13.7. The Hall–Kier alpha value is -3.62. The second kappa shape index (κ2) is 7.73. The fourth-order valence-corrected chi connectivity index (χ4v) is 2.36. The summed E-state index contributed by atoms with van der Waals surface area (Å²) in [5.74, 6) is -0.981. The third-order valence-electron chi connectivity index (χ3n) is 3.63. The van der Waals surface area contributed by atoms with Crippen molar-refractivity contribution >= 4 is 11.6 Å². The van der Waals surface area contributed by atoms with Crippen LogP contribution in [0, 0.1) is 19.7 Å². The fraction of sp³-hybridized carbons (Fsp3) is 0.167. The molecule has 8 nitrogen and oxygen atoms in total. The molecule has 0 bridgehead atoms. The van der Waals surface area contributed by atoms with Gasteiger partial charge in [0, 0.05) is 12.3 Å². The van der Waals surface area contributed by atoms with Crippen LogP contribution in [0.2, 0.25) is 0 Å². The molecule has 0 saturated heterocycles. The summed E-state index contributed by atoms with van der Waals surface area (Å²) < 4.78 is 20.1. The van der Waals surface area contributed by atoms with E-state index in [1.165, 1.54) is 30.5 Å². The van der Waals surface area contributed by atoms with E-state index in [1.54, 1.807) is 26.0 Å². The molecule has 0 aliphatic heterocycles. The predicted molar refractivity (Wildman–Crippen MR) is 95.1 cm³/mol. The molecule has 1 N–H and O–H groups in total. The molecular weight excluding hydrogens is 353 g/mol. The molecule has 138 valence electrons. The first kappa shape index (κ1) is 18.2. The van der Waals surface area contributed by atoms with Gasteiger partial charge in [-0.15, -0.1) is 0 Å². The number of amides is 1. The van der Waals surface area contributed by atoms with E-state index < -0.39 is 11.7 Å². The van der Waals surface area contributed by atoms with Gasteiger partial charge in [-0.2, -0.15) is 15.1 Å². The van der Waals surface area contributed by atoms with Gasteiger partial charge < -0.3 is 10.1 Å². The number of benzene rings is 1. The maximum atomic E-state index is 13.7. The number of carbonyl (C=O) groups excluding carboxylic acids is 1. The summed E-state index contributed by atoms with van der Waals surface area (Å²) in [5.41, 5.74) is 0.891. The van der Waals surface area contributed by atoms with E-state index >= 15 is 0 Å². The first-order chi connectivity index (χ1) is 12.9. The zero-order valence-corrected chi connectivity index (χ0v) is 14.6. The van der Waals surface area contributed by atoms with Crippen LogP contribution in [0.1, 0.15) is 11.4 Å². The van der Waals surface area contributed by atoms with E-state index in [0.29, 0.717) is 17.1 Å². The van der Waals surface area contributed by atoms with Crippen molar-refractivity contribution in [1.29, 1.82) is 0 Å². The summed E-state index contributed by atoms with van der Waals surface area (Å²) >= 11 is 0. The number of hydrogen-bond acceptors (Lipinski definition) is 6. The highest BCUT2D eigenvalue weighted by Gasteiger charge is 2.14. The van der Waals surface area contributed by atoms with Crippen LogP contribution in [-0.4, -0.2) is 25.7 Å². The number of anilines is 1. The van der Waals surface area contributed by atoms with Gasteiger partial charge >= 0.3 is 6.01 Å². The van der Waals surface area contributed by atoms with Gasteiger partial charge in [-0.05, 0) is 32.0 Å². The predicted octanol–water partition coefficient (Wildman–Crippen LogP) is 2.22. The molecule has 0 aliphatic carbocycles. The monoisotopic (exact) mass is 369 g/mol. The van der Waals surface area contributed by atoms with Crippen molar-refractivity contribution in [3.8, 4) is 11.8 Å². The number of aryl methyl sites for hydroxylation is 2. The number of ether oxygens (including phenoxy) is 1. The van der Waals surface area contributed by atoms with Crippen LogP contribution >= 0.6 is 0 Å². The molecule has 1 amide bonds. The Morgan fingerprint density at radius 1 is 1.15 bits per heavy atom. The molecule has 0 spiro atoms. The number of carbonyl (C=O) groups is 1. The molecule has 9 heteroatoms. The van der Waals surface area contributed by atoms with E-state index in [0.717, 1.165) is 4.68 Å². The van der Waals surface area contributed by atoms with Crippen molar-refractivity contribution < 1.29 is 13.9 Å². The molecule has 3 rings (SSSR count). The van der Waals surface area contributed by atoms with Gasteiger partial charge in [0.1, 0.15) is 6.54 Å². The molecule has 0 unspecified atom stereocenters. The van der Waals surface area contributed by atoms with Crippen molar-refractivity contribution in [2.24, 2.45) is 0 Å². The largest absolute Gasteiger partial charge is 0.421 e. The number of nitrogens with one attached hydrogen (secondary N) is 1. The number of nitrogens with zero attached hydrogens (tertiary/aromatic N) is 4. The molecule has 0 aliphatic rings. The fourth-order valence-electron chi connectivity index (χ4n) is 2.36. The summed E-state index contributed by atoms with van der Waals surface area (Å²) in [5, 5.41) is 6.49. The molecule has 2 aromatic heterocycles. The average Bonchev–Trinajstić information content (AvgIpc) is 2.62. The standard InChI is InChI=1S/C18H16FN5O3/c1-11-17(23-15(25)10-24-16(26)8-5-9-20-24)12(2)22-18(21-11)27-14-7-4-3-6-13(14)19/h3-9H,10H2,1-2H3,(H,23,25). The van der Waals surface area contributed by atoms with Gasteiger partial charge in [-0.25, -0.2) is 9.07 Å². The normalized spacial score (nSPS) is 10.5. The van der Waals surface area contributed by atoms with Crippen molar-refractivity contribution in [3.63, 3.8) is 0 Å². The van der Waals surface area contributed by atoms with Crippen LogP contribution in [0.5, 0.6) is 11.8 Å². The Balaban J connectivity index is 1.77. The van der Waals surface area contributed by atoms with Crippen LogP contribution in [0.25, 0.3) is 0 Å². The molecule has 2 heterocycles. The van der Waals surface area contributed by atoms with Crippen LogP contribution in [0.3, 0.4) is 0 Å². The lowest BCUT2D eigenvalue weighted by Gasteiger charge is -2.13. The van der Waals surface area contributed by atoms with Gasteiger partial charge in [-0.3, -0.25) is 9.59 Å². The Morgan fingerprint density at radius 3 is 2.52 bits per heavy atom. The number of halogens is 1. The Morgan fingerprint density at radius 2 is 1.85 bits per heavy atom. The average molecular weight is 369 g/mol. The highest BCUT2D eigenvalue weighted by Crippen LogP contribution is 2.25. The number of para-hydroxylation sites is 1. The molecule has 1 aromatic carbocycles. The van der Waals surface area contributed by atoms with Crippen LogP contribution in [0.4, 0.5) is 10.1 Å². The summed E-state index contributed by atoms with van der Waals surface area (Å²) in [6, 6.07) is 8.68. The van der Waals surface area contributed by atoms with Gasteiger partial charge in [0.25, 0.3) is 5.56 Å². The second-order valence-electron chi connectivity index (χ2n) is 5.65. The highest BCUT2D eigenvalue weighted by atomic mass is 19.1. The summed E-state index contributed by atoms with van der Waals surface area (Å²) in [4.78, 5) is 32.1. The van der Waals surface area contributed by atoms with Gasteiger partial charge in [0.2, 0.25) is 5.91 Å². The summed E-state index contributed by atoms with van der Waals surface area (Å²) in [6.07, 6.45) is 1.42. The molecule has 3 aromatic rings. The van der Waals surface area contributed by atoms with E-state index in [4.69, 9.17) is 4.74 Å². The van der Waals surface area contributed by atoms with Gasteiger partial charge in [-0.1, -0.05) is 12.1 Å². The summed E-state index contributed by atoms with van der Waals surface area (Å²) in [6.45, 7) is 3.07. The minimum absolute atomic E-state index is 0.00242. The number of hydrogen-bond donors (Lipinski definition) is 1. The van der Waals surface area contributed by atoms with Crippen LogP contribution in [0.15, 0.2) is 47.4 Å². The smallest absolute Gasteiger partial charge is 0.322 e. The number of rotatable bonds is 5. The number of aromatic nitrogens is 4. The molecule has 0 saturated carbocycles. The topological polar surface area (TPSA) is 99.0 Å². The van der Waals surface area contributed by atoms with Gasteiger partial charge in [0.05, 0.1) is 17.1 Å². The van der Waals surface area contributed by atoms with Crippen molar-refractivity contribution in [2.45, 2.75) is 20.4 Å². The zero-order valence-electron chi connectivity index (χ0n) is 14.6. The summed E-state index contributed by atoms with van der Waals surface area (Å²) in [7, 11) is 0. The minimum atomic E-state index is -0.533. The lowest BCUT2D eigenvalue weighted by Crippen LogP contribution is -2.29. The highest BCUT2D eigenvalue weighted by molar-refractivity contribution is 5.91. The quantitative estimate of drug-likeness (QED) is 0.740. The Labute approximate surface area is 153 Å². The lowest BCUT2D eigenvalue weighted by atomic mass is 10.3. The van der Waals surface area contributed by atoms with E-state index in [1.807, 2.05) is 0 Å². The van der Waals surface area contributed by atoms with E-state index in [-0.39, 0.29) is 23.9 Å². The van der Waals surface area contributed by atoms with Crippen LogP contribution < -0.4 is 15.6 Å². The van der Waals surface area contributed by atoms with Crippen molar-refractivity contribution in [2.75, 3.05) is 5.32 Å². The molecule has 0 atom stereocenters. The first-order valence-corrected chi connectivity index (χ1v) is 8.03.